The number of ether oxygens (including phenoxy) is 1. The second-order valence-corrected chi connectivity index (χ2v) is 5.14. The van der Waals surface area contributed by atoms with Gasteiger partial charge in [0.25, 0.3) is 5.62 Å². The predicted octanol–water partition coefficient (Wildman–Crippen LogP) is -0.922. The Labute approximate surface area is 130 Å². The fourth-order valence-electron chi connectivity index (χ4n) is 2.50. The number of aromatic nitrogens is 2. The van der Waals surface area contributed by atoms with Crippen molar-refractivity contribution in [1.29, 1.82) is 0 Å². The molecular formula is C12H15N7O4. The largest absolute Gasteiger partial charge is 0.408 e. The second-order valence-electron chi connectivity index (χ2n) is 5.14. The summed E-state index contributed by atoms with van der Waals surface area (Å²) in [4.78, 5) is 6.51. The minimum absolute atomic E-state index is 0.0726. The van der Waals surface area contributed by atoms with Gasteiger partial charge in [-0.15, -0.1) is 6.42 Å². The number of nitrogen functional groups attached to an aromatic ring is 1. The smallest absolute Gasteiger partial charge is 0.270 e. The molecule has 0 radical (unpaired) electrons. The number of nitrogens with two attached hydrogens (primary N) is 1. The fraction of sp³-hybridized carbons (Fsp3) is 0.500. The van der Waals surface area contributed by atoms with Gasteiger partial charge in [0.2, 0.25) is 0 Å². The first kappa shape index (κ1) is 16.6. The molecule has 0 saturated carbocycles. The molecule has 122 valence electrons. The van der Waals surface area contributed by atoms with E-state index in [9.17, 15) is 10.2 Å². The molecule has 0 aliphatic carbocycles. The molecule has 23 heavy (non-hydrogen) atoms. The van der Waals surface area contributed by atoms with E-state index >= 15 is 0 Å². The van der Waals surface area contributed by atoms with Gasteiger partial charge in [0.05, 0.1) is 6.61 Å². The van der Waals surface area contributed by atoms with Gasteiger partial charge in [-0.2, -0.15) is 4.98 Å². The summed E-state index contributed by atoms with van der Waals surface area (Å²) in [6.45, 7) is 0.674. The van der Waals surface area contributed by atoms with Crippen LogP contribution in [0.15, 0.2) is 22.5 Å². The number of aliphatic hydroxyl groups is 2. The van der Waals surface area contributed by atoms with E-state index in [1.165, 1.54) is 23.8 Å². The molecule has 1 saturated heterocycles. The molecule has 1 aromatic heterocycles. The van der Waals surface area contributed by atoms with Crippen LogP contribution in [-0.4, -0.2) is 48.8 Å². The molecule has 2 rings (SSSR count). The number of nitrogens with zero attached hydrogens (tertiary/aromatic N) is 6. The van der Waals surface area contributed by atoms with E-state index in [2.05, 4.69) is 26.1 Å². The first-order valence-electron chi connectivity index (χ1n) is 6.42. The lowest BCUT2D eigenvalue weighted by Crippen LogP contribution is -2.49. The van der Waals surface area contributed by atoms with Gasteiger partial charge in [-0.3, -0.25) is 4.57 Å². The van der Waals surface area contributed by atoms with Gasteiger partial charge < -0.3 is 25.9 Å². The summed E-state index contributed by atoms with van der Waals surface area (Å²) in [5, 5.41) is 35.7. The number of hydrogen-bond acceptors (Lipinski definition) is 8. The van der Waals surface area contributed by atoms with Crippen molar-refractivity contribution in [3.63, 3.8) is 0 Å². The summed E-state index contributed by atoms with van der Waals surface area (Å²) in [5.41, 5.74) is 10.7. The Morgan fingerprint density at radius 2 is 2.39 bits per heavy atom. The number of rotatable bonds is 3. The number of aliphatic hydroxyl groups excluding tert-OH is 2. The summed E-state index contributed by atoms with van der Waals surface area (Å²) < 4.78 is 6.79. The zero-order valence-electron chi connectivity index (χ0n) is 12.1. The molecule has 0 amide bonds. The van der Waals surface area contributed by atoms with E-state index in [4.69, 9.17) is 27.6 Å². The molecule has 0 unspecified atom stereocenters. The number of terminal acetylenes is 1. The molecule has 0 spiro atoms. The zero-order chi connectivity index (χ0) is 17.3. The van der Waals surface area contributed by atoms with Crippen molar-refractivity contribution in [3.8, 4) is 12.3 Å². The van der Waals surface area contributed by atoms with Crippen LogP contribution in [0.1, 0.15) is 13.2 Å². The molecule has 5 N–H and O–H groups in total. The highest BCUT2D eigenvalue weighted by Gasteiger charge is 2.61. The Kier molecular flexibility index (Phi) is 4.18. The van der Waals surface area contributed by atoms with Crippen LogP contribution >= 0.6 is 0 Å². The Morgan fingerprint density at radius 3 is 2.91 bits per heavy atom. The lowest BCUT2D eigenvalue weighted by Gasteiger charge is -2.29. The molecule has 1 aliphatic rings. The second kappa shape index (κ2) is 5.79. The molecule has 2 heterocycles. The van der Waals surface area contributed by atoms with Crippen LogP contribution in [-0.2, 0) is 4.74 Å². The minimum Gasteiger partial charge on any atom is -0.408 e. The maximum Gasteiger partial charge on any atom is 0.270 e. The number of anilines is 1. The third-order valence-corrected chi connectivity index (χ3v) is 3.76. The predicted molar refractivity (Wildman–Crippen MR) is 76.3 cm³/mol. The van der Waals surface area contributed by atoms with Crippen molar-refractivity contribution in [2.75, 3.05) is 12.3 Å². The Hall–Kier alpha value is -2.77. The Morgan fingerprint density at radius 1 is 1.70 bits per heavy atom. The molecule has 1 aromatic rings. The highest BCUT2D eigenvalue weighted by atomic mass is 16.6. The van der Waals surface area contributed by atoms with Crippen LogP contribution in [0.5, 0.6) is 0 Å². The maximum atomic E-state index is 10.5. The molecule has 1 aliphatic heterocycles. The van der Waals surface area contributed by atoms with E-state index < -0.39 is 30.1 Å². The zero-order valence-corrected chi connectivity index (χ0v) is 12.1. The van der Waals surface area contributed by atoms with Crippen molar-refractivity contribution in [2.24, 2.45) is 10.3 Å². The number of hydrogen-bond donors (Lipinski definition) is 4. The Balaban J connectivity index is 2.70. The van der Waals surface area contributed by atoms with Crippen LogP contribution in [0, 0.1) is 12.3 Å². The lowest BCUT2D eigenvalue weighted by atomic mass is 9.86. The average Bonchev–Trinajstić information content (AvgIpc) is 2.77. The summed E-state index contributed by atoms with van der Waals surface area (Å²) >= 11 is 0. The van der Waals surface area contributed by atoms with Crippen LogP contribution in [0.2, 0.25) is 0 Å². The first-order valence-corrected chi connectivity index (χ1v) is 6.42. The SMILES string of the molecule is C#C[C@]1(CO)O[C@@H](n2ccc(N)n/c2=N\O)[C@](C)(N=[N+]=[N-])[C@@H]1O. The number of azide groups is 1. The van der Waals surface area contributed by atoms with Gasteiger partial charge >= 0.3 is 0 Å². The van der Waals surface area contributed by atoms with E-state index in [1.807, 2.05) is 0 Å². The van der Waals surface area contributed by atoms with Gasteiger partial charge in [0.15, 0.2) is 11.8 Å². The molecule has 0 bridgehead atoms. The molecule has 11 heteroatoms. The van der Waals surface area contributed by atoms with Gasteiger partial charge in [-0.05, 0) is 23.7 Å². The van der Waals surface area contributed by atoms with Crippen molar-refractivity contribution >= 4 is 5.82 Å². The summed E-state index contributed by atoms with van der Waals surface area (Å²) in [5.74, 6) is 2.25. The Bertz CT molecular complexity index is 765. The normalized spacial score (nSPS) is 33.9. The van der Waals surface area contributed by atoms with Gasteiger partial charge in [0.1, 0.15) is 17.5 Å². The summed E-state index contributed by atoms with van der Waals surface area (Å²) in [6, 6.07) is 1.38. The van der Waals surface area contributed by atoms with Gasteiger partial charge in [-0.1, -0.05) is 11.0 Å². The first-order chi connectivity index (χ1) is 10.9. The van der Waals surface area contributed by atoms with E-state index in [0.29, 0.717) is 0 Å². The van der Waals surface area contributed by atoms with E-state index in [1.54, 1.807) is 0 Å². The van der Waals surface area contributed by atoms with Crippen molar-refractivity contribution < 1.29 is 20.2 Å². The molecule has 0 aromatic carbocycles. The summed E-state index contributed by atoms with van der Waals surface area (Å²) in [6.07, 6.45) is 4.02. The van der Waals surface area contributed by atoms with Gasteiger partial charge in [-0.25, -0.2) is 0 Å². The average molecular weight is 321 g/mol. The summed E-state index contributed by atoms with van der Waals surface area (Å²) in [7, 11) is 0. The third kappa shape index (κ3) is 2.36. The fourth-order valence-corrected chi connectivity index (χ4v) is 2.50. The van der Waals surface area contributed by atoms with Crippen LogP contribution in [0.4, 0.5) is 5.82 Å². The quantitative estimate of drug-likeness (QED) is 0.140. The third-order valence-electron chi connectivity index (χ3n) is 3.76. The highest BCUT2D eigenvalue weighted by molar-refractivity contribution is 5.26. The topological polar surface area (TPSA) is 175 Å². The van der Waals surface area contributed by atoms with E-state index in [-0.39, 0.29) is 11.4 Å². The van der Waals surface area contributed by atoms with Gasteiger partial charge in [0, 0.05) is 11.1 Å². The molecule has 1 fully saturated rings. The van der Waals surface area contributed by atoms with Crippen LogP contribution in [0.25, 0.3) is 10.4 Å². The molecular weight excluding hydrogens is 306 g/mol. The molecule has 11 nitrogen and oxygen atoms in total. The standard InChI is InChI=1S/C12H15N7O4/c1-3-12(6-20)8(21)11(2,17-18-14)9(23-12)19-5-4-7(13)15-10(19)16-22/h1,4-5,8-9,20-22H,6H2,2H3,(H2,13,15,16)/t8-,9+,11+,12+/m0/s1. The monoisotopic (exact) mass is 321 g/mol. The molecule has 4 atom stereocenters. The van der Waals surface area contributed by atoms with Crippen molar-refractivity contribution in [3.05, 3.63) is 28.3 Å². The minimum atomic E-state index is -1.80. The lowest BCUT2D eigenvalue weighted by molar-refractivity contribution is -0.0927. The van der Waals surface area contributed by atoms with Crippen molar-refractivity contribution in [1.82, 2.24) is 9.55 Å². The van der Waals surface area contributed by atoms with Crippen LogP contribution in [0.3, 0.4) is 0 Å². The van der Waals surface area contributed by atoms with Crippen LogP contribution < -0.4 is 11.4 Å². The highest BCUT2D eigenvalue weighted by Crippen LogP contribution is 2.46. The maximum absolute atomic E-state index is 10.5. The van der Waals surface area contributed by atoms with Crippen molar-refractivity contribution in [2.45, 2.75) is 30.4 Å². The van der Waals surface area contributed by atoms with E-state index in [0.717, 1.165) is 0 Å².